The molecule has 23 heavy (non-hydrogen) atoms. The predicted molar refractivity (Wildman–Crippen MR) is 78.6 cm³/mol. The summed E-state index contributed by atoms with van der Waals surface area (Å²) in [6, 6.07) is 4.97. The van der Waals surface area contributed by atoms with Crippen molar-refractivity contribution in [3.8, 4) is 0 Å². The number of Topliss-reactive ketones (excluding diaryl/α,β-unsaturated/α-hetero) is 1. The quantitative estimate of drug-likeness (QED) is 0.892. The molecule has 3 atom stereocenters. The van der Waals surface area contributed by atoms with Gasteiger partial charge < -0.3 is 5.32 Å². The Labute approximate surface area is 132 Å². The molecule has 2 saturated carbocycles. The van der Waals surface area contributed by atoms with Gasteiger partial charge in [-0.2, -0.15) is 13.2 Å². The summed E-state index contributed by atoms with van der Waals surface area (Å²) in [5.41, 5.74) is -1.06. The molecule has 6 heteroatoms. The summed E-state index contributed by atoms with van der Waals surface area (Å²) in [5, 5.41) is 2.42. The maximum Gasteiger partial charge on any atom is 0.418 e. The number of para-hydroxylation sites is 1. The second-order valence-corrected chi connectivity index (χ2v) is 6.43. The lowest BCUT2D eigenvalue weighted by molar-refractivity contribution is -0.137. The molecule has 0 spiro atoms. The largest absolute Gasteiger partial charge is 0.418 e. The minimum atomic E-state index is -4.51. The molecule has 1 aromatic rings. The normalized spacial score (nSPS) is 27.6. The molecular formula is C17H18F3NO2. The monoisotopic (exact) mass is 325 g/mol. The fraction of sp³-hybridized carbons (Fsp3) is 0.529. The summed E-state index contributed by atoms with van der Waals surface area (Å²) in [4.78, 5) is 24.4. The third-order valence-corrected chi connectivity index (χ3v) is 4.91. The number of benzene rings is 1. The zero-order valence-corrected chi connectivity index (χ0v) is 12.5. The van der Waals surface area contributed by atoms with E-state index >= 15 is 0 Å². The van der Waals surface area contributed by atoms with Gasteiger partial charge >= 0.3 is 6.18 Å². The van der Waals surface area contributed by atoms with Gasteiger partial charge in [-0.15, -0.1) is 0 Å². The molecule has 2 aliphatic carbocycles. The van der Waals surface area contributed by atoms with Gasteiger partial charge in [0, 0.05) is 17.8 Å². The number of alkyl halides is 3. The lowest BCUT2D eigenvalue weighted by Gasteiger charge is -2.37. The standard InChI is InChI=1S/C17H18F3NO2/c18-17(19,20)13-6-1-2-7-14(13)21-16(23)12-8-10-4-3-5-11(9-12)15(10)22/h1-2,6-7,10-12H,3-5,8-9H2,(H,21,23)/t10-,11+,12?. The van der Waals surface area contributed by atoms with Crippen LogP contribution in [0.1, 0.15) is 37.7 Å². The zero-order chi connectivity index (χ0) is 16.6. The van der Waals surface area contributed by atoms with Gasteiger partial charge in [0.05, 0.1) is 11.3 Å². The molecule has 0 saturated heterocycles. The number of amides is 1. The van der Waals surface area contributed by atoms with Crippen LogP contribution in [0, 0.1) is 17.8 Å². The fourth-order valence-electron chi connectivity index (χ4n) is 3.77. The lowest BCUT2D eigenvalue weighted by atomic mass is 9.67. The molecule has 3 rings (SSSR count). The first-order valence-corrected chi connectivity index (χ1v) is 7.87. The number of hydrogen-bond acceptors (Lipinski definition) is 2. The van der Waals surface area contributed by atoms with E-state index in [9.17, 15) is 22.8 Å². The second-order valence-electron chi connectivity index (χ2n) is 6.43. The van der Waals surface area contributed by atoms with Crippen molar-refractivity contribution in [1.29, 1.82) is 0 Å². The van der Waals surface area contributed by atoms with Crippen molar-refractivity contribution >= 4 is 17.4 Å². The summed E-state index contributed by atoms with van der Waals surface area (Å²) in [6.07, 6.45) is -1.03. The number of carbonyl (C=O) groups excluding carboxylic acids is 2. The minimum Gasteiger partial charge on any atom is -0.325 e. The summed E-state index contributed by atoms with van der Waals surface area (Å²) < 4.78 is 39.0. The number of hydrogen-bond donors (Lipinski definition) is 1. The van der Waals surface area contributed by atoms with Crippen molar-refractivity contribution in [2.24, 2.45) is 17.8 Å². The molecule has 0 radical (unpaired) electrons. The second kappa shape index (κ2) is 5.98. The Morgan fingerprint density at radius 1 is 1.09 bits per heavy atom. The molecule has 0 heterocycles. The molecule has 0 aliphatic heterocycles. The first-order chi connectivity index (χ1) is 10.9. The van der Waals surface area contributed by atoms with Gasteiger partial charge in [0.2, 0.25) is 5.91 Å². The van der Waals surface area contributed by atoms with Gasteiger partial charge in [0.25, 0.3) is 0 Å². The third-order valence-electron chi connectivity index (χ3n) is 4.91. The molecular weight excluding hydrogens is 307 g/mol. The Kier molecular flexibility index (Phi) is 4.17. The smallest absolute Gasteiger partial charge is 0.325 e. The van der Waals surface area contributed by atoms with Crippen LogP contribution >= 0.6 is 0 Å². The van der Waals surface area contributed by atoms with Crippen LogP contribution in [0.3, 0.4) is 0 Å². The highest BCUT2D eigenvalue weighted by atomic mass is 19.4. The maximum absolute atomic E-state index is 13.0. The predicted octanol–water partition coefficient (Wildman–Crippen LogP) is 4.04. The Bertz CT molecular complexity index is 611. The maximum atomic E-state index is 13.0. The Hall–Kier alpha value is -1.85. The summed E-state index contributed by atoms with van der Waals surface area (Å²) in [6.45, 7) is 0. The van der Waals surface area contributed by atoms with E-state index in [1.54, 1.807) is 0 Å². The van der Waals surface area contributed by atoms with Crippen molar-refractivity contribution in [1.82, 2.24) is 0 Å². The molecule has 2 aliphatic rings. The number of anilines is 1. The van der Waals surface area contributed by atoms with E-state index < -0.39 is 17.6 Å². The average molecular weight is 325 g/mol. The molecule has 1 N–H and O–H groups in total. The molecule has 2 fully saturated rings. The van der Waals surface area contributed by atoms with E-state index in [-0.39, 0.29) is 29.2 Å². The van der Waals surface area contributed by atoms with E-state index in [1.807, 2.05) is 0 Å². The fourth-order valence-corrected chi connectivity index (χ4v) is 3.77. The minimum absolute atomic E-state index is 0.101. The summed E-state index contributed by atoms with van der Waals surface area (Å²) >= 11 is 0. The summed E-state index contributed by atoms with van der Waals surface area (Å²) in [5.74, 6) is -0.765. The van der Waals surface area contributed by atoms with Crippen LogP contribution in [0.25, 0.3) is 0 Å². The van der Waals surface area contributed by atoms with Gasteiger partial charge in [-0.1, -0.05) is 18.6 Å². The highest BCUT2D eigenvalue weighted by Gasteiger charge is 2.41. The first-order valence-electron chi connectivity index (χ1n) is 7.87. The van der Waals surface area contributed by atoms with Gasteiger partial charge in [0.1, 0.15) is 5.78 Å². The number of halogens is 3. The first kappa shape index (κ1) is 16.0. The molecule has 0 aromatic heterocycles. The topological polar surface area (TPSA) is 46.2 Å². The molecule has 1 unspecified atom stereocenters. The van der Waals surface area contributed by atoms with Crippen molar-refractivity contribution in [2.45, 2.75) is 38.3 Å². The van der Waals surface area contributed by atoms with Crippen molar-refractivity contribution in [3.63, 3.8) is 0 Å². The van der Waals surface area contributed by atoms with E-state index in [1.165, 1.54) is 18.2 Å². The third kappa shape index (κ3) is 3.26. The van der Waals surface area contributed by atoms with Crippen LogP contribution in [-0.2, 0) is 15.8 Å². The van der Waals surface area contributed by atoms with Crippen molar-refractivity contribution < 1.29 is 22.8 Å². The zero-order valence-electron chi connectivity index (χ0n) is 12.5. The number of nitrogens with one attached hydrogen (secondary N) is 1. The SMILES string of the molecule is O=C(Nc1ccccc1C(F)(F)F)C1C[C@H]2CCC[C@@H](C1)C2=O. The van der Waals surface area contributed by atoms with Crippen LogP contribution in [0.15, 0.2) is 24.3 Å². The lowest BCUT2D eigenvalue weighted by Crippen LogP contribution is -2.40. The summed E-state index contributed by atoms with van der Waals surface area (Å²) in [7, 11) is 0. The number of fused-ring (bicyclic) bond motifs is 2. The Balaban J connectivity index is 1.74. The molecule has 1 amide bonds. The molecule has 124 valence electrons. The van der Waals surface area contributed by atoms with E-state index in [0.29, 0.717) is 12.8 Å². The van der Waals surface area contributed by atoms with Crippen molar-refractivity contribution in [2.75, 3.05) is 5.32 Å². The molecule has 2 bridgehead atoms. The number of rotatable bonds is 2. The van der Waals surface area contributed by atoms with Crippen molar-refractivity contribution in [3.05, 3.63) is 29.8 Å². The number of carbonyl (C=O) groups is 2. The molecule has 3 nitrogen and oxygen atoms in total. The van der Waals surface area contributed by atoms with Crippen LogP contribution in [0.4, 0.5) is 18.9 Å². The van der Waals surface area contributed by atoms with E-state index in [2.05, 4.69) is 5.32 Å². The van der Waals surface area contributed by atoms with Gasteiger partial charge in [-0.3, -0.25) is 9.59 Å². The number of ketones is 1. The van der Waals surface area contributed by atoms with Crippen LogP contribution in [0.5, 0.6) is 0 Å². The average Bonchev–Trinajstić information content (AvgIpc) is 2.46. The highest BCUT2D eigenvalue weighted by molar-refractivity contribution is 5.95. The highest BCUT2D eigenvalue weighted by Crippen LogP contribution is 2.41. The van der Waals surface area contributed by atoms with E-state index in [0.717, 1.165) is 25.3 Å². The van der Waals surface area contributed by atoms with Gasteiger partial charge in [-0.05, 0) is 37.8 Å². The van der Waals surface area contributed by atoms with Gasteiger partial charge in [0.15, 0.2) is 0 Å². The van der Waals surface area contributed by atoms with Crippen LogP contribution in [0.2, 0.25) is 0 Å². The Morgan fingerprint density at radius 3 is 2.30 bits per heavy atom. The van der Waals surface area contributed by atoms with Crippen LogP contribution in [-0.4, -0.2) is 11.7 Å². The molecule has 1 aromatic carbocycles. The van der Waals surface area contributed by atoms with Gasteiger partial charge in [-0.25, -0.2) is 0 Å². The van der Waals surface area contributed by atoms with E-state index in [4.69, 9.17) is 0 Å². The Morgan fingerprint density at radius 2 is 1.70 bits per heavy atom. The van der Waals surface area contributed by atoms with Crippen LogP contribution < -0.4 is 5.32 Å².